The van der Waals surface area contributed by atoms with Gasteiger partial charge in [0.1, 0.15) is 6.04 Å². The highest BCUT2D eigenvalue weighted by Crippen LogP contribution is 2.12. The van der Waals surface area contributed by atoms with Gasteiger partial charge >= 0.3 is 17.9 Å². The normalized spacial score (nSPS) is 11.5. The molecule has 0 spiro atoms. The van der Waals surface area contributed by atoms with Crippen LogP contribution < -0.4 is 21.5 Å². The second-order valence-corrected chi connectivity index (χ2v) is 7.75. The van der Waals surface area contributed by atoms with Crippen LogP contribution in [0.5, 0.6) is 0 Å². The first-order valence-electron chi connectivity index (χ1n) is 10.9. The zero-order chi connectivity index (χ0) is 26.9. The summed E-state index contributed by atoms with van der Waals surface area (Å²) in [5, 5.41) is 34.6. The van der Waals surface area contributed by atoms with E-state index >= 15 is 0 Å². The van der Waals surface area contributed by atoms with Gasteiger partial charge in [0.2, 0.25) is 5.95 Å². The lowest BCUT2D eigenvalue weighted by molar-refractivity contribution is -0.141. The second-order valence-electron chi connectivity index (χ2n) is 7.75. The zero-order valence-corrected chi connectivity index (χ0v) is 19.2. The van der Waals surface area contributed by atoms with Crippen molar-refractivity contribution in [1.82, 2.24) is 25.3 Å². The maximum absolute atomic E-state index is 12.3. The lowest BCUT2D eigenvalue weighted by Gasteiger charge is -2.14. The molecule has 1 atom stereocenters. The van der Waals surface area contributed by atoms with E-state index in [-0.39, 0.29) is 48.6 Å². The minimum atomic E-state index is -1.33. The Labute approximate surface area is 208 Å². The highest BCUT2D eigenvalue weighted by molar-refractivity contribution is 5.97. The zero-order valence-electron chi connectivity index (χ0n) is 19.2. The predicted octanol–water partition coefficient (Wildman–Crippen LogP) is 0.260. The largest absolute Gasteiger partial charge is 0.481 e. The van der Waals surface area contributed by atoms with Crippen LogP contribution >= 0.6 is 0 Å². The Morgan fingerprint density at radius 2 is 1.65 bits per heavy atom. The third kappa shape index (κ3) is 7.71. The average molecular weight is 513 g/mol. The van der Waals surface area contributed by atoms with Crippen molar-refractivity contribution in [2.24, 2.45) is 0 Å². The SMILES string of the molecule is O=C(O)CCNc1nc2ncc(CNc3ccc(C(=O)NC(CCC(=O)O)C(=O)O)cc3)nc2c(=O)[nH]1. The lowest BCUT2D eigenvalue weighted by atomic mass is 10.1. The maximum atomic E-state index is 12.3. The molecule has 37 heavy (non-hydrogen) atoms. The first-order chi connectivity index (χ1) is 17.6. The Morgan fingerprint density at radius 3 is 2.30 bits per heavy atom. The van der Waals surface area contributed by atoms with Crippen LogP contribution in [0.1, 0.15) is 35.3 Å². The highest BCUT2D eigenvalue weighted by atomic mass is 16.4. The summed E-state index contributed by atoms with van der Waals surface area (Å²) in [5.41, 5.74) is 0.758. The van der Waals surface area contributed by atoms with E-state index in [1.165, 1.54) is 18.3 Å². The number of carboxylic acids is 3. The van der Waals surface area contributed by atoms with Gasteiger partial charge in [0.05, 0.1) is 24.9 Å². The van der Waals surface area contributed by atoms with E-state index in [1.807, 2.05) is 0 Å². The molecule has 7 N–H and O–H groups in total. The number of H-pyrrole nitrogens is 1. The first kappa shape index (κ1) is 26.5. The van der Waals surface area contributed by atoms with Gasteiger partial charge in [-0.05, 0) is 30.7 Å². The summed E-state index contributed by atoms with van der Waals surface area (Å²) in [6, 6.07) is 4.77. The molecule has 0 radical (unpaired) electrons. The lowest BCUT2D eigenvalue weighted by Crippen LogP contribution is -2.41. The Morgan fingerprint density at radius 1 is 0.946 bits per heavy atom. The van der Waals surface area contributed by atoms with Crippen LogP contribution in [0.15, 0.2) is 35.3 Å². The molecular formula is C22H23N7O8. The molecule has 3 rings (SSSR count). The highest BCUT2D eigenvalue weighted by Gasteiger charge is 2.21. The van der Waals surface area contributed by atoms with Gasteiger partial charge in [-0.2, -0.15) is 4.98 Å². The average Bonchev–Trinajstić information content (AvgIpc) is 2.85. The third-order valence-electron chi connectivity index (χ3n) is 4.97. The molecule has 2 aromatic heterocycles. The number of aromatic amines is 1. The van der Waals surface area contributed by atoms with Crippen LogP contribution in [0.3, 0.4) is 0 Å². The van der Waals surface area contributed by atoms with Crippen LogP contribution in [0.25, 0.3) is 11.2 Å². The Balaban J connectivity index is 1.60. The summed E-state index contributed by atoms with van der Waals surface area (Å²) in [6.45, 7) is 0.257. The van der Waals surface area contributed by atoms with Crippen LogP contribution in [0, 0.1) is 0 Å². The van der Waals surface area contributed by atoms with Gasteiger partial charge in [-0.3, -0.25) is 24.2 Å². The fraction of sp³-hybridized carbons (Fsp3) is 0.273. The van der Waals surface area contributed by atoms with Crippen LogP contribution in [-0.2, 0) is 20.9 Å². The molecule has 15 nitrogen and oxygen atoms in total. The van der Waals surface area contributed by atoms with E-state index in [4.69, 9.17) is 10.2 Å². The number of carbonyl (C=O) groups excluding carboxylic acids is 1. The summed E-state index contributed by atoms with van der Waals surface area (Å²) < 4.78 is 0. The number of anilines is 2. The van der Waals surface area contributed by atoms with Crippen molar-refractivity contribution in [3.63, 3.8) is 0 Å². The molecule has 15 heteroatoms. The number of nitrogens with one attached hydrogen (secondary N) is 4. The first-order valence-corrected chi connectivity index (χ1v) is 10.9. The van der Waals surface area contributed by atoms with E-state index in [1.54, 1.807) is 12.1 Å². The molecule has 0 fully saturated rings. The minimum absolute atomic E-state index is 0.00554. The van der Waals surface area contributed by atoms with Gasteiger partial charge in [-0.25, -0.2) is 14.8 Å². The fourth-order valence-electron chi connectivity index (χ4n) is 3.11. The summed E-state index contributed by atoms with van der Waals surface area (Å²) in [4.78, 5) is 72.2. The number of nitrogens with zero attached hydrogens (tertiary/aromatic N) is 3. The van der Waals surface area contributed by atoms with Gasteiger partial charge in [0, 0.05) is 24.2 Å². The quantitative estimate of drug-likeness (QED) is 0.162. The molecule has 0 saturated heterocycles. The Bertz CT molecular complexity index is 1370. The maximum Gasteiger partial charge on any atom is 0.326 e. The number of amides is 1. The molecule has 0 aliphatic heterocycles. The van der Waals surface area contributed by atoms with E-state index in [0.717, 1.165) is 0 Å². The van der Waals surface area contributed by atoms with Crippen molar-refractivity contribution >= 4 is 46.6 Å². The summed E-state index contributed by atoms with van der Waals surface area (Å²) in [5.74, 6) is -4.06. The number of carboxylic acid groups (broad SMARTS) is 3. The molecule has 1 amide bonds. The van der Waals surface area contributed by atoms with Crippen molar-refractivity contribution in [2.75, 3.05) is 17.2 Å². The van der Waals surface area contributed by atoms with Gasteiger partial charge in [-0.15, -0.1) is 0 Å². The van der Waals surface area contributed by atoms with E-state index < -0.39 is 41.8 Å². The van der Waals surface area contributed by atoms with Gasteiger partial charge in [0.25, 0.3) is 11.5 Å². The molecular weight excluding hydrogens is 490 g/mol. The fourth-order valence-corrected chi connectivity index (χ4v) is 3.11. The number of carbonyl (C=O) groups is 4. The van der Waals surface area contributed by atoms with E-state index in [0.29, 0.717) is 11.4 Å². The number of aliphatic carboxylic acids is 3. The second kappa shape index (κ2) is 12.1. The molecule has 0 bridgehead atoms. The van der Waals surface area contributed by atoms with Crippen molar-refractivity contribution in [3.8, 4) is 0 Å². The van der Waals surface area contributed by atoms with Gasteiger partial charge < -0.3 is 31.3 Å². The molecule has 194 valence electrons. The van der Waals surface area contributed by atoms with Gasteiger partial charge in [-0.1, -0.05) is 0 Å². The predicted molar refractivity (Wildman–Crippen MR) is 128 cm³/mol. The molecule has 2 heterocycles. The summed E-state index contributed by atoms with van der Waals surface area (Å²) >= 11 is 0. The van der Waals surface area contributed by atoms with Crippen molar-refractivity contribution in [1.29, 1.82) is 0 Å². The van der Waals surface area contributed by atoms with Crippen LogP contribution in [0.4, 0.5) is 11.6 Å². The number of rotatable bonds is 13. The van der Waals surface area contributed by atoms with Gasteiger partial charge in [0.15, 0.2) is 11.2 Å². The Hall–Kier alpha value is -5.08. The minimum Gasteiger partial charge on any atom is -0.481 e. The summed E-state index contributed by atoms with van der Waals surface area (Å²) in [7, 11) is 0. The smallest absolute Gasteiger partial charge is 0.326 e. The monoisotopic (exact) mass is 513 g/mol. The van der Waals surface area contributed by atoms with Crippen molar-refractivity contribution in [3.05, 3.63) is 52.1 Å². The number of hydrogen-bond donors (Lipinski definition) is 7. The third-order valence-corrected chi connectivity index (χ3v) is 4.97. The molecule has 0 saturated carbocycles. The number of benzene rings is 1. The summed E-state index contributed by atoms with van der Waals surface area (Å²) in [6.07, 6.45) is 0.626. The van der Waals surface area contributed by atoms with Crippen molar-refractivity contribution in [2.45, 2.75) is 31.8 Å². The van der Waals surface area contributed by atoms with Crippen molar-refractivity contribution < 1.29 is 34.5 Å². The Kier molecular flexibility index (Phi) is 8.64. The van der Waals surface area contributed by atoms with E-state index in [2.05, 4.69) is 35.9 Å². The van der Waals surface area contributed by atoms with E-state index in [9.17, 15) is 29.1 Å². The molecule has 1 aromatic carbocycles. The number of hydrogen-bond acceptors (Lipinski definition) is 10. The molecule has 0 aliphatic rings. The number of fused-ring (bicyclic) bond motifs is 1. The van der Waals surface area contributed by atoms with Crippen LogP contribution in [-0.4, -0.2) is 71.7 Å². The molecule has 1 unspecified atom stereocenters. The van der Waals surface area contributed by atoms with Crippen LogP contribution in [0.2, 0.25) is 0 Å². The number of aromatic nitrogens is 4. The molecule has 3 aromatic rings. The standard InChI is InChI=1S/C22H23N7O8/c30-15(31)6-5-14(21(36)37)27-19(34)11-1-3-12(4-2-11)24-9-13-10-25-18-17(26-13)20(35)29-22(28-18)23-8-7-16(32)33/h1-4,10,14,24H,5-9H2,(H,27,34)(H,30,31)(H,32,33)(H,36,37)(H2,23,25,28,29,35). The molecule has 0 aliphatic carbocycles. The topological polar surface area (TPSA) is 237 Å².